The Morgan fingerprint density at radius 3 is 2.56 bits per heavy atom. The van der Waals surface area contributed by atoms with Crippen LogP contribution >= 0.6 is 11.8 Å². The van der Waals surface area contributed by atoms with E-state index in [4.69, 9.17) is 9.47 Å². The van der Waals surface area contributed by atoms with Gasteiger partial charge < -0.3 is 19.7 Å². The van der Waals surface area contributed by atoms with E-state index in [1.165, 1.54) is 17.3 Å². The Balaban J connectivity index is 1.31. The summed E-state index contributed by atoms with van der Waals surface area (Å²) < 4.78 is 13.2. The lowest BCUT2D eigenvalue weighted by Gasteiger charge is -2.19. The van der Waals surface area contributed by atoms with Gasteiger partial charge in [0.15, 0.2) is 16.7 Å². The zero-order valence-corrected chi connectivity index (χ0v) is 18.7. The van der Waals surface area contributed by atoms with Crippen molar-refractivity contribution < 1.29 is 14.3 Å². The summed E-state index contributed by atoms with van der Waals surface area (Å²) in [4.78, 5) is 14.9. The summed E-state index contributed by atoms with van der Waals surface area (Å²) in [6.45, 7) is 5.05. The summed E-state index contributed by atoms with van der Waals surface area (Å²) in [6, 6.07) is 13.7. The van der Waals surface area contributed by atoms with E-state index >= 15 is 0 Å². The first-order valence-corrected chi connectivity index (χ1v) is 11.8. The van der Waals surface area contributed by atoms with Crippen LogP contribution in [0.1, 0.15) is 18.4 Å². The minimum Gasteiger partial charge on any atom is -0.486 e. The van der Waals surface area contributed by atoms with Gasteiger partial charge in [0.1, 0.15) is 13.2 Å². The lowest BCUT2D eigenvalue weighted by molar-refractivity contribution is -0.113. The van der Waals surface area contributed by atoms with Crippen LogP contribution in [0.15, 0.2) is 47.6 Å². The van der Waals surface area contributed by atoms with E-state index in [1.807, 2.05) is 16.7 Å². The standard InChI is InChI=1S/C23H25N5O3S/c1-16-4-7-18(8-5-16)28-22(27-10-2-3-11-27)25-26-23(28)32-15-21(29)24-17-6-9-19-20(14-17)31-13-12-30-19/h4-9,14H,2-3,10-13,15H2,1H3,(H,24,29). The van der Waals surface area contributed by atoms with Gasteiger partial charge in [-0.3, -0.25) is 9.36 Å². The molecule has 1 fully saturated rings. The third-order valence-corrected chi connectivity index (χ3v) is 6.38. The predicted octanol–water partition coefficient (Wildman–Crippen LogP) is 3.68. The Morgan fingerprint density at radius 1 is 1.03 bits per heavy atom. The number of benzene rings is 2. The molecule has 3 heterocycles. The van der Waals surface area contributed by atoms with Crippen LogP contribution in [0.5, 0.6) is 11.5 Å². The van der Waals surface area contributed by atoms with Gasteiger partial charge in [-0.2, -0.15) is 0 Å². The fraction of sp³-hybridized carbons (Fsp3) is 0.348. The van der Waals surface area contributed by atoms with E-state index in [0.717, 1.165) is 37.6 Å². The van der Waals surface area contributed by atoms with Crippen molar-refractivity contribution in [1.29, 1.82) is 0 Å². The lowest BCUT2D eigenvalue weighted by atomic mass is 10.2. The number of thioether (sulfide) groups is 1. The van der Waals surface area contributed by atoms with Gasteiger partial charge in [0.25, 0.3) is 0 Å². The fourth-order valence-electron chi connectivity index (χ4n) is 3.85. The number of aromatic nitrogens is 3. The van der Waals surface area contributed by atoms with Crippen LogP contribution in [0, 0.1) is 6.92 Å². The number of fused-ring (bicyclic) bond motifs is 1. The molecule has 0 bridgehead atoms. The van der Waals surface area contributed by atoms with Crippen molar-refractivity contribution in [2.45, 2.75) is 24.9 Å². The summed E-state index contributed by atoms with van der Waals surface area (Å²) in [5, 5.41) is 12.5. The van der Waals surface area contributed by atoms with E-state index < -0.39 is 0 Å². The number of carbonyl (C=O) groups excluding carboxylic acids is 1. The van der Waals surface area contributed by atoms with E-state index in [0.29, 0.717) is 35.6 Å². The third-order valence-electron chi connectivity index (χ3n) is 5.46. The first-order chi connectivity index (χ1) is 15.7. The normalized spacial score (nSPS) is 15.1. The van der Waals surface area contributed by atoms with Gasteiger partial charge in [-0.25, -0.2) is 0 Å². The van der Waals surface area contributed by atoms with E-state index in [9.17, 15) is 4.79 Å². The predicted molar refractivity (Wildman–Crippen MR) is 124 cm³/mol. The molecule has 0 radical (unpaired) electrons. The van der Waals surface area contributed by atoms with Crippen molar-refractivity contribution in [2.24, 2.45) is 0 Å². The molecule has 166 valence electrons. The first kappa shape index (κ1) is 20.7. The van der Waals surface area contributed by atoms with Gasteiger partial charge in [-0.05, 0) is 44.0 Å². The summed E-state index contributed by atoms with van der Waals surface area (Å²) in [6.07, 6.45) is 2.31. The van der Waals surface area contributed by atoms with Crippen LogP contribution in [-0.2, 0) is 4.79 Å². The number of hydrogen-bond acceptors (Lipinski definition) is 7. The Morgan fingerprint density at radius 2 is 1.78 bits per heavy atom. The van der Waals surface area contributed by atoms with Crippen LogP contribution in [0.3, 0.4) is 0 Å². The van der Waals surface area contributed by atoms with Gasteiger partial charge in [-0.15, -0.1) is 10.2 Å². The fourth-order valence-corrected chi connectivity index (χ4v) is 4.59. The first-order valence-electron chi connectivity index (χ1n) is 10.8. The van der Waals surface area contributed by atoms with Crippen LogP contribution in [0.2, 0.25) is 0 Å². The van der Waals surface area contributed by atoms with Crippen molar-refractivity contribution in [3.63, 3.8) is 0 Å². The number of carbonyl (C=O) groups is 1. The Hall–Kier alpha value is -3.20. The number of nitrogens with zero attached hydrogens (tertiary/aromatic N) is 4. The minimum absolute atomic E-state index is 0.118. The average Bonchev–Trinajstić information content (AvgIpc) is 3.48. The SMILES string of the molecule is Cc1ccc(-n2c(SCC(=O)Nc3ccc4c(c3)OCCO4)nnc2N2CCCC2)cc1. The highest BCUT2D eigenvalue weighted by atomic mass is 32.2. The molecule has 32 heavy (non-hydrogen) atoms. The van der Waals surface area contributed by atoms with Crippen molar-refractivity contribution in [3.8, 4) is 17.2 Å². The molecule has 1 aromatic heterocycles. The second kappa shape index (κ2) is 9.12. The number of anilines is 2. The van der Waals surface area contributed by atoms with Gasteiger partial charge in [0.05, 0.1) is 11.4 Å². The Kier molecular flexibility index (Phi) is 5.89. The quantitative estimate of drug-likeness (QED) is 0.573. The molecule has 0 saturated carbocycles. The van der Waals surface area contributed by atoms with Crippen molar-refractivity contribution in [1.82, 2.24) is 14.8 Å². The van der Waals surface area contributed by atoms with Gasteiger partial charge in [0.2, 0.25) is 11.9 Å². The lowest BCUT2D eigenvalue weighted by Crippen LogP contribution is -2.22. The molecule has 1 amide bonds. The molecule has 2 aliphatic rings. The van der Waals surface area contributed by atoms with Crippen LogP contribution in [0.4, 0.5) is 11.6 Å². The van der Waals surface area contributed by atoms with E-state index in [-0.39, 0.29) is 11.7 Å². The Bertz CT molecular complexity index is 1110. The summed E-state index contributed by atoms with van der Waals surface area (Å²) in [7, 11) is 0. The van der Waals surface area contributed by atoms with Gasteiger partial charge in [0, 0.05) is 24.8 Å². The summed E-state index contributed by atoms with van der Waals surface area (Å²) in [5.74, 6) is 2.28. The van der Waals surface area contributed by atoms with Crippen molar-refractivity contribution in [2.75, 3.05) is 42.3 Å². The smallest absolute Gasteiger partial charge is 0.234 e. The molecule has 2 aliphatic heterocycles. The second-order valence-corrected chi connectivity index (χ2v) is 8.79. The zero-order chi connectivity index (χ0) is 21.9. The maximum absolute atomic E-state index is 12.6. The molecule has 5 rings (SSSR count). The molecular formula is C23H25N5O3S. The molecule has 9 heteroatoms. The largest absolute Gasteiger partial charge is 0.486 e. The zero-order valence-electron chi connectivity index (χ0n) is 17.9. The highest BCUT2D eigenvalue weighted by Gasteiger charge is 2.23. The number of amides is 1. The maximum atomic E-state index is 12.6. The molecule has 0 unspecified atom stereocenters. The maximum Gasteiger partial charge on any atom is 0.234 e. The van der Waals surface area contributed by atoms with E-state index in [1.54, 1.807) is 6.07 Å². The topological polar surface area (TPSA) is 81.5 Å². The van der Waals surface area contributed by atoms with Crippen molar-refractivity contribution >= 4 is 29.3 Å². The molecule has 3 aromatic rings. The van der Waals surface area contributed by atoms with Gasteiger partial charge >= 0.3 is 0 Å². The summed E-state index contributed by atoms with van der Waals surface area (Å²) in [5.41, 5.74) is 2.87. The number of aryl methyl sites for hydroxylation is 1. The monoisotopic (exact) mass is 451 g/mol. The highest BCUT2D eigenvalue weighted by molar-refractivity contribution is 7.99. The molecule has 2 aromatic carbocycles. The number of nitrogens with one attached hydrogen (secondary N) is 1. The molecule has 1 saturated heterocycles. The number of hydrogen-bond donors (Lipinski definition) is 1. The molecular weight excluding hydrogens is 426 g/mol. The Labute approximate surface area is 190 Å². The molecule has 0 atom stereocenters. The molecule has 8 nitrogen and oxygen atoms in total. The highest BCUT2D eigenvalue weighted by Crippen LogP contribution is 2.33. The molecule has 0 spiro atoms. The number of rotatable bonds is 6. The third kappa shape index (κ3) is 4.38. The number of ether oxygens (including phenoxy) is 2. The van der Waals surface area contributed by atoms with Gasteiger partial charge in [-0.1, -0.05) is 29.5 Å². The minimum atomic E-state index is -0.118. The second-order valence-electron chi connectivity index (χ2n) is 7.84. The summed E-state index contributed by atoms with van der Waals surface area (Å²) >= 11 is 1.38. The van der Waals surface area contributed by atoms with Crippen LogP contribution in [-0.4, -0.2) is 52.7 Å². The van der Waals surface area contributed by atoms with Crippen molar-refractivity contribution in [3.05, 3.63) is 48.0 Å². The van der Waals surface area contributed by atoms with Crippen LogP contribution in [0.25, 0.3) is 5.69 Å². The molecule has 0 aliphatic carbocycles. The molecule has 1 N–H and O–H groups in total. The average molecular weight is 452 g/mol. The van der Waals surface area contributed by atoms with Crippen LogP contribution < -0.4 is 19.7 Å². The van der Waals surface area contributed by atoms with E-state index in [2.05, 4.69) is 51.6 Å².